The van der Waals surface area contributed by atoms with E-state index in [9.17, 15) is 9.90 Å². The molecule has 1 atom stereocenters. The van der Waals surface area contributed by atoms with Crippen molar-refractivity contribution in [2.24, 2.45) is 11.7 Å². The number of carboxylic acids is 1. The van der Waals surface area contributed by atoms with Crippen molar-refractivity contribution in [3.05, 3.63) is 35.9 Å². The summed E-state index contributed by atoms with van der Waals surface area (Å²) in [5.74, 6) is -0.524. The summed E-state index contributed by atoms with van der Waals surface area (Å²) in [5.41, 5.74) is 5.50. The number of nitrogens with zero attached hydrogens (tertiary/aromatic N) is 1. The molecule has 0 amide bonds. The van der Waals surface area contributed by atoms with Gasteiger partial charge in [0.2, 0.25) is 0 Å². The molecule has 0 aliphatic heterocycles. The smallest absolute Gasteiger partial charge is 0.329 e. The Bertz CT molecular complexity index is 431. The van der Waals surface area contributed by atoms with Crippen LogP contribution in [0.5, 0.6) is 0 Å². The summed E-state index contributed by atoms with van der Waals surface area (Å²) < 4.78 is 0. The van der Waals surface area contributed by atoms with Gasteiger partial charge < -0.3 is 10.8 Å². The third-order valence-electron chi connectivity index (χ3n) is 3.45. The van der Waals surface area contributed by atoms with Crippen molar-refractivity contribution in [3.63, 3.8) is 0 Å². The summed E-state index contributed by atoms with van der Waals surface area (Å²) in [4.78, 5) is 13.8. The molecular weight excluding hydrogens is 252 g/mol. The van der Waals surface area contributed by atoms with Crippen LogP contribution in [0.15, 0.2) is 30.3 Å². The lowest BCUT2D eigenvalue weighted by Crippen LogP contribution is -2.55. The Labute approximate surface area is 121 Å². The highest BCUT2D eigenvalue weighted by Crippen LogP contribution is 2.22. The molecule has 1 unspecified atom stereocenters. The Morgan fingerprint density at radius 1 is 1.25 bits per heavy atom. The second kappa shape index (κ2) is 6.86. The van der Waals surface area contributed by atoms with E-state index >= 15 is 0 Å². The van der Waals surface area contributed by atoms with E-state index in [2.05, 4.69) is 32.6 Å². The fourth-order valence-electron chi connectivity index (χ4n) is 2.27. The molecule has 0 radical (unpaired) electrons. The van der Waals surface area contributed by atoms with Gasteiger partial charge in [0.25, 0.3) is 0 Å². The first-order chi connectivity index (χ1) is 9.27. The predicted octanol–water partition coefficient (Wildman–Crippen LogP) is 2.29. The Morgan fingerprint density at radius 3 is 2.20 bits per heavy atom. The highest BCUT2D eigenvalue weighted by molar-refractivity contribution is 5.80. The van der Waals surface area contributed by atoms with Gasteiger partial charge in [-0.25, -0.2) is 4.79 Å². The van der Waals surface area contributed by atoms with E-state index in [1.807, 2.05) is 18.2 Å². The van der Waals surface area contributed by atoms with Gasteiger partial charge in [-0.15, -0.1) is 0 Å². The van der Waals surface area contributed by atoms with Crippen molar-refractivity contribution < 1.29 is 9.90 Å². The molecule has 20 heavy (non-hydrogen) atoms. The minimum absolute atomic E-state index is 0.253. The van der Waals surface area contributed by atoms with Crippen molar-refractivity contribution >= 4 is 5.97 Å². The van der Waals surface area contributed by atoms with Crippen molar-refractivity contribution in [3.8, 4) is 0 Å². The van der Waals surface area contributed by atoms with E-state index in [4.69, 9.17) is 5.73 Å². The summed E-state index contributed by atoms with van der Waals surface area (Å²) in [6.45, 7) is 9.51. The summed E-state index contributed by atoms with van der Waals surface area (Å²) in [7, 11) is 0. The maximum atomic E-state index is 11.7. The highest BCUT2D eigenvalue weighted by atomic mass is 16.4. The molecule has 0 heterocycles. The molecule has 1 rings (SSSR count). The Balaban J connectivity index is 3.05. The second-order valence-electron chi connectivity index (χ2n) is 6.06. The maximum absolute atomic E-state index is 11.7. The van der Waals surface area contributed by atoms with E-state index in [0.29, 0.717) is 18.0 Å². The van der Waals surface area contributed by atoms with Gasteiger partial charge in [0.15, 0.2) is 5.54 Å². The molecular formula is C16H26N2O2. The van der Waals surface area contributed by atoms with E-state index < -0.39 is 11.5 Å². The molecule has 0 spiro atoms. The SMILES string of the molecule is CC(C)CN(CC(N)(C(=O)O)c1ccccc1)C(C)C. The summed E-state index contributed by atoms with van der Waals surface area (Å²) in [5, 5.41) is 9.60. The molecule has 4 heteroatoms. The van der Waals surface area contributed by atoms with Gasteiger partial charge >= 0.3 is 5.97 Å². The topological polar surface area (TPSA) is 66.6 Å². The van der Waals surface area contributed by atoms with Crippen LogP contribution in [-0.4, -0.2) is 35.1 Å². The van der Waals surface area contributed by atoms with Crippen LogP contribution >= 0.6 is 0 Å². The zero-order chi connectivity index (χ0) is 15.3. The number of aliphatic carboxylic acids is 1. The van der Waals surface area contributed by atoms with Crippen molar-refractivity contribution in [1.82, 2.24) is 4.90 Å². The van der Waals surface area contributed by atoms with Crippen molar-refractivity contribution in [2.75, 3.05) is 13.1 Å². The molecule has 0 fully saturated rings. The lowest BCUT2D eigenvalue weighted by Gasteiger charge is -2.36. The van der Waals surface area contributed by atoms with Crippen LogP contribution < -0.4 is 5.73 Å². The molecule has 0 saturated heterocycles. The minimum Gasteiger partial charge on any atom is -0.480 e. The molecule has 0 aromatic heterocycles. The van der Waals surface area contributed by atoms with Gasteiger partial charge in [-0.2, -0.15) is 0 Å². The monoisotopic (exact) mass is 278 g/mol. The fourth-order valence-corrected chi connectivity index (χ4v) is 2.27. The van der Waals surface area contributed by atoms with Crippen LogP contribution in [0.2, 0.25) is 0 Å². The minimum atomic E-state index is -1.37. The molecule has 3 N–H and O–H groups in total. The maximum Gasteiger partial charge on any atom is 0.329 e. The number of hydrogen-bond acceptors (Lipinski definition) is 3. The van der Waals surface area contributed by atoms with E-state index in [0.717, 1.165) is 6.54 Å². The van der Waals surface area contributed by atoms with Gasteiger partial charge in [0.05, 0.1) is 0 Å². The Kier molecular flexibility index (Phi) is 5.72. The standard InChI is InChI=1S/C16H26N2O2/c1-12(2)10-18(13(3)4)11-16(17,15(19)20)14-8-6-5-7-9-14/h5-9,12-13H,10-11,17H2,1-4H3,(H,19,20). The van der Waals surface area contributed by atoms with Gasteiger partial charge in [0.1, 0.15) is 0 Å². The first-order valence-corrected chi connectivity index (χ1v) is 7.09. The number of carboxylic acid groups (broad SMARTS) is 1. The van der Waals surface area contributed by atoms with Crippen LogP contribution in [-0.2, 0) is 10.3 Å². The normalized spacial score (nSPS) is 14.8. The number of nitrogens with two attached hydrogens (primary N) is 1. The molecule has 0 bridgehead atoms. The first kappa shape index (κ1) is 16.7. The molecule has 1 aromatic carbocycles. The average molecular weight is 278 g/mol. The van der Waals surface area contributed by atoms with Gasteiger partial charge in [-0.1, -0.05) is 44.2 Å². The second-order valence-corrected chi connectivity index (χ2v) is 6.06. The zero-order valence-electron chi connectivity index (χ0n) is 12.8. The number of carbonyl (C=O) groups is 1. The molecule has 0 aliphatic carbocycles. The van der Waals surface area contributed by atoms with Crippen LogP contribution in [0, 0.1) is 5.92 Å². The lowest BCUT2D eigenvalue weighted by atomic mass is 9.89. The molecule has 0 saturated carbocycles. The lowest BCUT2D eigenvalue weighted by molar-refractivity contribution is -0.144. The first-order valence-electron chi connectivity index (χ1n) is 7.09. The third-order valence-corrected chi connectivity index (χ3v) is 3.45. The molecule has 0 aliphatic rings. The van der Waals surface area contributed by atoms with Crippen LogP contribution in [0.3, 0.4) is 0 Å². The van der Waals surface area contributed by atoms with Crippen LogP contribution in [0.25, 0.3) is 0 Å². The predicted molar refractivity (Wildman–Crippen MR) is 81.5 cm³/mol. The quantitative estimate of drug-likeness (QED) is 0.803. The van der Waals surface area contributed by atoms with Crippen LogP contribution in [0.4, 0.5) is 0 Å². The highest BCUT2D eigenvalue weighted by Gasteiger charge is 2.38. The Morgan fingerprint density at radius 2 is 1.80 bits per heavy atom. The van der Waals surface area contributed by atoms with E-state index in [-0.39, 0.29) is 6.04 Å². The molecule has 4 nitrogen and oxygen atoms in total. The summed E-state index contributed by atoms with van der Waals surface area (Å²) in [6, 6.07) is 9.32. The summed E-state index contributed by atoms with van der Waals surface area (Å²) >= 11 is 0. The molecule has 112 valence electrons. The fraction of sp³-hybridized carbons (Fsp3) is 0.562. The van der Waals surface area contributed by atoms with E-state index in [1.165, 1.54) is 0 Å². The van der Waals surface area contributed by atoms with Gasteiger partial charge in [0, 0.05) is 19.1 Å². The largest absolute Gasteiger partial charge is 0.480 e. The van der Waals surface area contributed by atoms with Gasteiger partial charge in [-0.05, 0) is 25.3 Å². The number of benzene rings is 1. The number of rotatable bonds is 7. The van der Waals surface area contributed by atoms with Gasteiger partial charge in [-0.3, -0.25) is 4.90 Å². The van der Waals surface area contributed by atoms with Crippen molar-refractivity contribution in [2.45, 2.75) is 39.3 Å². The van der Waals surface area contributed by atoms with Crippen LogP contribution in [0.1, 0.15) is 33.3 Å². The third kappa shape index (κ3) is 4.05. The number of hydrogen-bond donors (Lipinski definition) is 2. The summed E-state index contributed by atoms with van der Waals surface area (Å²) in [6.07, 6.45) is 0. The van der Waals surface area contributed by atoms with Crippen molar-refractivity contribution in [1.29, 1.82) is 0 Å². The average Bonchev–Trinajstić information content (AvgIpc) is 2.38. The zero-order valence-corrected chi connectivity index (χ0v) is 12.8. The van der Waals surface area contributed by atoms with E-state index in [1.54, 1.807) is 12.1 Å². The Hall–Kier alpha value is -1.39. The molecule has 1 aromatic rings.